The number of fused-ring (bicyclic) bond motifs is 1. The van der Waals surface area contributed by atoms with Crippen molar-refractivity contribution in [3.63, 3.8) is 0 Å². The number of hydrazone groups is 2. The van der Waals surface area contributed by atoms with E-state index >= 15 is 0 Å². The lowest BCUT2D eigenvalue weighted by atomic mass is 9.73. The second-order valence-corrected chi connectivity index (χ2v) is 9.38. The van der Waals surface area contributed by atoms with Gasteiger partial charge in [-0.05, 0) is 49.6 Å². The SMILES string of the molecule is C/C(=N/NC(=O)[C@H](NC(=O)c1ccccc1)C1=NNC(=O)[C@@H]2CCCC[C@@H]12)c1cccc(Br)c1. The molecule has 1 fully saturated rings. The van der Waals surface area contributed by atoms with E-state index < -0.39 is 17.9 Å². The Morgan fingerprint density at radius 3 is 2.50 bits per heavy atom. The Labute approximate surface area is 206 Å². The number of rotatable bonds is 6. The molecule has 4 rings (SSSR count). The number of hydrogen-bond acceptors (Lipinski definition) is 5. The molecule has 0 bridgehead atoms. The Bertz CT molecular complexity index is 1150. The molecule has 2 aromatic rings. The highest BCUT2D eigenvalue weighted by molar-refractivity contribution is 9.10. The summed E-state index contributed by atoms with van der Waals surface area (Å²) in [7, 11) is 0. The predicted molar refractivity (Wildman–Crippen MR) is 133 cm³/mol. The summed E-state index contributed by atoms with van der Waals surface area (Å²) in [5.41, 5.74) is 7.48. The van der Waals surface area contributed by atoms with Crippen molar-refractivity contribution in [1.82, 2.24) is 16.2 Å². The van der Waals surface area contributed by atoms with E-state index in [0.29, 0.717) is 17.0 Å². The van der Waals surface area contributed by atoms with Crippen LogP contribution < -0.4 is 16.2 Å². The molecule has 3 N–H and O–H groups in total. The Morgan fingerprint density at radius 2 is 1.76 bits per heavy atom. The molecule has 3 atom stereocenters. The van der Waals surface area contributed by atoms with E-state index in [-0.39, 0.29) is 17.7 Å². The van der Waals surface area contributed by atoms with Crippen molar-refractivity contribution < 1.29 is 14.4 Å². The molecule has 0 radical (unpaired) electrons. The van der Waals surface area contributed by atoms with Crippen LogP contribution in [0, 0.1) is 11.8 Å². The quantitative estimate of drug-likeness (QED) is 0.398. The molecule has 0 saturated heterocycles. The third kappa shape index (κ3) is 5.41. The summed E-state index contributed by atoms with van der Waals surface area (Å²) in [5, 5.41) is 11.3. The van der Waals surface area contributed by atoms with Crippen LogP contribution in [0.1, 0.15) is 48.5 Å². The van der Waals surface area contributed by atoms with E-state index in [0.717, 1.165) is 35.7 Å². The van der Waals surface area contributed by atoms with E-state index in [4.69, 9.17) is 0 Å². The van der Waals surface area contributed by atoms with Gasteiger partial charge in [-0.1, -0.05) is 59.1 Å². The van der Waals surface area contributed by atoms with Gasteiger partial charge in [-0.15, -0.1) is 0 Å². The number of nitrogens with one attached hydrogen (secondary N) is 3. The minimum absolute atomic E-state index is 0.134. The molecule has 1 saturated carbocycles. The average molecular weight is 524 g/mol. The third-order valence-electron chi connectivity index (χ3n) is 6.22. The van der Waals surface area contributed by atoms with Crippen molar-refractivity contribution in [3.8, 4) is 0 Å². The third-order valence-corrected chi connectivity index (χ3v) is 6.72. The summed E-state index contributed by atoms with van der Waals surface area (Å²) in [5.74, 6) is -1.51. The van der Waals surface area contributed by atoms with Crippen LogP contribution in [0.15, 0.2) is 69.3 Å². The van der Waals surface area contributed by atoms with Gasteiger partial charge < -0.3 is 5.32 Å². The highest BCUT2D eigenvalue weighted by atomic mass is 79.9. The zero-order chi connectivity index (χ0) is 24.1. The highest BCUT2D eigenvalue weighted by Gasteiger charge is 2.42. The summed E-state index contributed by atoms with van der Waals surface area (Å²) in [6.07, 6.45) is 3.36. The van der Waals surface area contributed by atoms with Crippen LogP contribution in [-0.4, -0.2) is 35.2 Å². The summed E-state index contributed by atoms with van der Waals surface area (Å²) < 4.78 is 0.898. The first-order chi connectivity index (χ1) is 16.4. The second-order valence-electron chi connectivity index (χ2n) is 8.47. The molecule has 2 aromatic carbocycles. The number of carbonyl (C=O) groups is 3. The van der Waals surface area contributed by atoms with Gasteiger partial charge in [0.1, 0.15) is 0 Å². The summed E-state index contributed by atoms with van der Waals surface area (Å²) in [4.78, 5) is 38.7. The summed E-state index contributed by atoms with van der Waals surface area (Å²) in [6, 6.07) is 15.2. The molecule has 2 aliphatic rings. The molecule has 176 valence electrons. The van der Waals surface area contributed by atoms with Crippen molar-refractivity contribution in [2.24, 2.45) is 22.0 Å². The number of hydrogen-bond donors (Lipinski definition) is 3. The molecule has 34 heavy (non-hydrogen) atoms. The van der Waals surface area contributed by atoms with Crippen molar-refractivity contribution in [2.45, 2.75) is 38.6 Å². The maximum absolute atomic E-state index is 13.3. The minimum Gasteiger partial charge on any atom is -0.335 e. The number of nitrogens with zero attached hydrogens (tertiary/aromatic N) is 2. The van der Waals surface area contributed by atoms with E-state index in [1.165, 1.54) is 0 Å². The van der Waals surface area contributed by atoms with Crippen LogP contribution in [0.4, 0.5) is 0 Å². The molecule has 9 heteroatoms. The average Bonchev–Trinajstić information content (AvgIpc) is 2.87. The normalized spacial score (nSPS) is 20.9. The molecular weight excluding hydrogens is 498 g/mol. The second kappa shape index (κ2) is 10.7. The number of halogens is 1. The fraction of sp³-hybridized carbons (Fsp3) is 0.320. The van der Waals surface area contributed by atoms with Crippen LogP contribution in [0.3, 0.4) is 0 Å². The first kappa shape index (κ1) is 23.8. The first-order valence-electron chi connectivity index (χ1n) is 11.3. The molecular formula is C25H26BrN5O3. The number of carbonyl (C=O) groups excluding carboxylic acids is 3. The van der Waals surface area contributed by atoms with Crippen LogP contribution in [0.25, 0.3) is 0 Å². The van der Waals surface area contributed by atoms with Gasteiger partial charge in [0, 0.05) is 21.9 Å². The number of benzene rings is 2. The van der Waals surface area contributed by atoms with Crippen molar-refractivity contribution in [2.75, 3.05) is 0 Å². The van der Waals surface area contributed by atoms with E-state index in [1.807, 2.05) is 30.3 Å². The Morgan fingerprint density at radius 1 is 1.06 bits per heavy atom. The summed E-state index contributed by atoms with van der Waals surface area (Å²) in [6.45, 7) is 1.79. The minimum atomic E-state index is -1.07. The molecule has 0 spiro atoms. The van der Waals surface area contributed by atoms with Crippen LogP contribution in [0.2, 0.25) is 0 Å². The fourth-order valence-electron chi connectivity index (χ4n) is 4.42. The Kier molecular flexibility index (Phi) is 7.52. The van der Waals surface area contributed by atoms with Gasteiger partial charge in [0.2, 0.25) is 5.91 Å². The summed E-state index contributed by atoms with van der Waals surface area (Å²) >= 11 is 3.43. The maximum Gasteiger partial charge on any atom is 0.268 e. The lowest BCUT2D eigenvalue weighted by molar-refractivity contribution is -0.128. The van der Waals surface area contributed by atoms with Gasteiger partial charge in [0.05, 0.1) is 11.4 Å². The molecule has 3 amide bonds. The lowest BCUT2D eigenvalue weighted by Gasteiger charge is -2.36. The van der Waals surface area contributed by atoms with Gasteiger partial charge in [0.15, 0.2) is 6.04 Å². The van der Waals surface area contributed by atoms with Crippen molar-refractivity contribution >= 4 is 45.1 Å². The number of amides is 3. The Balaban J connectivity index is 1.60. The van der Waals surface area contributed by atoms with Crippen molar-refractivity contribution in [1.29, 1.82) is 0 Å². The standard InChI is InChI=1S/C25H26BrN5O3/c1-15(17-10-7-11-18(26)14-17)28-31-25(34)22(27-23(32)16-8-3-2-4-9-16)21-19-12-5-6-13-20(19)24(33)30-29-21/h2-4,7-11,14,19-20,22H,5-6,12-13H2,1H3,(H,27,32)(H,30,33)(H,31,34)/b28-15-/t19-,20-,22-/m1/s1. The van der Waals surface area contributed by atoms with E-state index in [2.05, 4.69) is 42.3 Å². The molecule has 0 aromatic heterocycles. The van der Waals surface area contributed by atoms with Crippen molar-refractivity contribution in [3.05, 3.63) is 70.2 Å². The van der Waals surface area contributed by atoms with E-state index in [1.54, 1.807) is 31.2 Å². The molecule has 1 heterocycles. The van der Waals surface area contributed by atoms with Gasteiger partial charge >= 0.3 is 0 Å². The largest absolute Gasteiger partial charge is 0.335 e. The smallest absolute Gasteiger partial charge is 0.268 e. The maximum atomic E-state index is 13.3. The van der Waals surface area contributed by atoms with Crippen LogP contribution in [0.5, 0.6) is 0 Å². The van der Waals surface area contributed by atoms with Gasteiger partial charge in [0.25, 0.3) is 11.8 Å². The monoisotopic (exact) mass is 523 g/mol. The van der Waals surface area contributed by atoms with Crippen LogP contribution in [-0.2, 0) is 9.59 Å². The molecule has 8 nitrogen and oxygen atoms in total. The zero-order valence-corrected chi connectivity index (χ0v) is 20.3. The first-order valence-corrected chi connectivity index (χ1v) is 12.1. The van der Waals surface area contributed by atoms with Gasteiger partial charge in [-0.3, -0.25) is 14.4 Å². The Hall–Kier alpha value is -3.33. The zero-order valence-electron chi connectivity index (χ0n) is 18.8. The lowest BCUT2D eigenvalue weighted by Crippen LogP contribution is -2.57. The highest BCUT2D eigenvalue weighted by Crippen LogP contribution is 2.34. The molecule has 1 aliphatic heterocycles. The topological polar surface area (TPSA) is 112 Å². The predicted octanol–water partition coefficient (Wildman–Crippen LogP) is 3.38. The molecule has 1 aliphatic carbocycles. The van der Waals surface area contributed by atoms with E-state index in [9.17, 15) is 14.4 Å². The fourth-order valence-corrected chi connectivity index (χ4v) is 4.82. The van der Waals surface area contributed by atoms with Crippen LogP contribution >= 0.6 is 15.9 Å². The van der Waals surface area contributed by atoms with Gasteiger partial charge in [-0.2, -0.15) is 10.2 Å². The van der Waals surface area contributed by atoms with Gasteiger partial charge in [-0.25, -0.2) is 10.9 Å². The molecule has 0 unspecified atom stereocenters.